The summed E-state index contributed by atoms with van der Waals surface area (Å²) in [5.41, 5.74) is 5.85. The zero-order valence-corrected chi connectivity index (χ0v) is 20.6. The zero-order chi connectivity index (χ0) is 24.7. The fourth-order valence-corrected chi connectivity index (χ4v) is 5.07. The molecule has 1 aromatic heterocycles. The van der Waals surface area contributed by atoms with Crippen molar-refractivity contribution < 1.29 is 13.9 Å². The summed E-state index contributed by atoms with van der Waals surface area (Å²) >= 11 is 0. The Morgan fingerprint density at radius 1 is 0.943 bits per heavy atom. The van der Waals surface area contributed by atoms with Crippen molar-refractivity contribution >= 4 is 16.9 Å². The van der Waals surface area contributed by atoms with Crippen LogP contribution in [0.1, 0.15) is 56.9 Å². The van der Waals surface area contributed by atoms with Crippen molar-refractivity contribution in [3.63, 3.8) is 0 Å². The van der Waals surface area contributed by atoms with Crippen LogP contribution in [0.2, 0.25) is 0 Å². The monoisotopic (exact) mass is 467 g/mol. The van der Waals surface area contributed by atoms with Crippen molar-refractivity contribution in [2.24, 2.45) is 0 Å². The van der Waals surface area contributed by atoms with Gasteiger partial charge in [-0.15, -0.1) is 0 Å². The molecule has 1 aliphatic rings. The fraction of sp³-hybridized carbons (Fsp3) is 0.267. The van der Waals surface area contributed by atoms with Crippen LogP contribution in [0.5, 0.6) is 5.75 Å². The van der Waals surface area contributed by atoms with Gasteiger partial charge in [0.1, 0.15) is 11.3 Å². The van der Waals surface area contributed by atoms with Crippen LogP contribution in [0.15, 0.2) is 69.9 Å². The van der Waals surface area contributed by atoms with Gasteiger partial charge < -0.3 is 14.1 Å². The van der Waals surface area contributed by atoms with Crippen LogP contribution >= 0.6 is 0 Å². The summed E-state index contributed by atoms with van der Waals surface area (Å²) < 4.78 is 11.4. The fourth-order valence-electron chi connectivity index (χ4n) is 5.07. The van der Waals surface area contributed by atoms with Crippen LogP contribution in [0, 0.1) is 13.8 Å². The Morgan fingerprint density at radius 3 is 2.29 bits per heavy atom. The second-order valence-corrected chi connectivity index (χ2v) is 9.22. The van der Waals surface area contributed by atoms with Gasteiger partial charge >= 0.3 is 0 Å². The first-order valence-electron chi connectivity index (χ1n) is 12.0. The molecule has 5 heteroatoms. The molecule has 0 spiro atoms. The van der Waals surface area contributed by atoms with Gasteiger partial charge in [0.05, 0.1) is 24.1 Å². The Bertz CT molecular complexity index is 1470. The van der Waals surface area contributed by atoms with Gasteiger partial charge in [-0.25, -0.2) is 0 Å². The van der Waals surface area contributed by atoms with Crippen LogP contribution in [0.4, 0.5) is 0 Å². The van der Waals surface area contributed by atoms with E-state index in [1.807, 2.05) is 62.4 Å². The van der Waals surface area contributed by atoms with Crippen LogP contribution in [-0.4, -0.2) is 24.5 Å². The minimum atomic E-state index is -0.483. The Hall–Kier alpha value is -3.86. The number of carbonyl (C=O) groups is 1. The highest BCUT2D eigenvalue weighted by atomic mass is 16.5. The molecule has 1 unspecified atom stereocenters. The topological polar surface area (TPSA) is 59.8 Å². The lowest BCUT2D eigenvalue weighted by Gasteiger charge is -2.25. The lowest BCUT2D eigenvalue weighted by atomic mass is 9.96. The van der Waals surface area contributed by atoms with E-state index in [1.165, 1.54) is 5.56 Å². The first-order chi connectivity index (χ1) is 16.9. The van der Waals surface area contributed by atoms with E-state index < -0.39 is 6.04 Å². The average molecular weight is 468 g/mol. The molecule has 0 fully saturated rings. The first-order valence-corrected chi connectivity index (χ1v) is 12.0. The highest BCUT2D eigenvalue weighted by molar-refractivity contribution is 5.99. The number of nitrogens with zero attached hydrogens (tertiary/aromatic N) is 1. The van der Waals surface area contributed by atoms with Crippen molar-refractivity contribution in [3.8, 4) is 5.75 Å². The molecule has 1 aliphatic heterocycles. The molecule has 5 rings (SSSR count). The SMILES string of the molecule is CCc1ccc(C2c3c(oc4cc(C)cc(C)c4c3=O)C(=O)N2CCc2ccc(OC)cc2)cc1. The molecule has 35 heavy (non-hydrogen) atoms. The Labute approximate surface area is 205 Å². The van der Waals surface area contributed by atoms with Gasteiger partial charge in [0.2, 0.25) is 5.76 Å². The van der Waals surface area contributed by atoms with E-state index in [0.29, 0.717) is 29.5 Å². The van der Waals surface area contributed by atoms with E-state index in [-0.39, 0.29) is 17.1 Å². The van der Waals surface area contributed by atoms with E-state index in [0.717, 1.165) is 34.4 Å². The summed E-state index contributed by atoms with van der Waals surface area (Å²) in [6.07, 6.45) is 1.58. The number of hydrogen-bond donors (Lipinski definition) is 0. The van der Waals surface area contributed by atoms with E-state index >= 15 is 0 Å². The molecule has 3 aromatic carbocycles. The van der Waals surface area contributed by atoms with Gasteiger partial charge in [0.15, 0.2) is 5.43 Å². The summed E-state index contributed by atoms with van der Waals surface area (Å²) in [6.45, 7) is 6.45. The third-order valence-corrected chi connectivity index (χ3v) is 6.92. The van der Waals surface area contributed by atoms with Crippen LogP contribution < -0.4 is 10.2 Å². The van der Waals surface area contributed by atoms with Crippen LogP contribution in [-0.2, 0) is 12.8 Å². The van der Waals surface area contributed by atoms with Crippen molar-refractivity contribution in [2.75, 3.05) is 13.7 Å². The van der Waals surface area contributed by atoms with Gasteiger partial charge in [-0.2, -0.15) is 0 Å². The maximum absolute atomic E-state index is 13.8. The minimum absolute atomic E-state index is 0.122. The molecule has 1 atom stereocenters. The standard InChI is InChI=1S/C30H29NO4/c1-5-20-6-10-22(11-7-20)27-26-28(32)25-19(3)16-18(2)17-24(25)35-29(26)30(33)31(27)15-14-21-8-12-23(34-4)13-9-21/h6-13,16-17,27H,5,14-15H2,1-4H3. The number of hydrogen-bond acceptors (Lipinski definition) is 4. The second-order valence-electron chi connectivity index (χ2n) is 9.22. The number of methoxy groups -OCH3 is 1. The van der Waals surface area contributed by atoms with Crippen LogP contribution in [0.3, 0.4) is 0 Å². The third-order valence-electron chi connectivity index (χ3n) is 6.92. The van der Waals surface area contributed by atoms with Crippen molar-refractivity contribution in [3.05, 3.63) is 110 Å². The zero-order valence-electron chi connectivity index (χ0n) is 20.6. The predicted molar refractivity (Wildman–Crippen MR) is 137 cm³/mol. The van der Waals surface area contributed by atoms with E-state index in [4.69, 9.17) is 9.15 Å². The molecule has 0 radical (unpaired) electrons. The Kier molecular flexibility index (Phi) is 5.93. The molecular formula is C30H29NO4. The van der Waals surface area contributed by atoms with Gasteiger partial charge in [-0.05, 0) is 72.7 Å². The molecule has 5 nitrogen and oxygen atoms in total. The van der Waals surface area contributed by atoms with E-state index in [9.17, 15) is 9.59 Å². The number of carbonyl (C=O) groups excluding carboxylic acids is 1. The van der Waals surface area contributed by atoms with Crippen LogP contribution in [0.25, 0.3) is 11.0 Å². The summed E-state index contributed by atoms with van der Waals surface area (Å²) in [5, 5.41) is 0.550. The van der Waals surface area contributed by atoms with Gasteiger partial charge in [-0.1, -0.05) is 49.4 Å². The number of benzene rings is 3. The van der Waals surface area contributed by atoms with Gasteiger partial charge in [0, 0.05) is 6.54 Å². The molecule has 4 aromatic rings. The highest BCUT2D eigenvalue weighted by Crippen LogP contribution is 2.39. The normalized spacial score (nSPS) is 15.0. The van der Waals surface area contributed by atoms with Crippen molar-refractivity contribution in [2.45, 2.75) is 39.7 Å². The largest absolute Gasteiger partial charge is 0.497 e. The van der Waals surface area contributed by atoms with E-state index in [1.54, 1.807) is 12.0 Å². The van der Waals surface area contributed by atoms with Crippen molar-refractivity contribution in [1.82, 2.24) is 4.90 Å². The number of amides is 1. The highest BCUT2D eigenvalue weighted by Gasteiger charge is 2.42. The third kappa shape index (κ3) is 4.01. The summed E-state index contributed by atoms with van der Waals surface area (Å²) in [6, 6.07) is 19.4. The number of aryl methyl sites for hydroxylation is 3. The molecular weight excluding hydrogens is 438 g/mol. The molecule has 0 bridgehead atoms. The molecule has 0 aliphatic carbocycles. The maximum Gasteiger partial charge on any atom is 0.290 e. The summed E-state index contributed by atoms with van der Waals surface area (Å²) in [4.78, 5) is 29.3. The van der Waals surface area contributed by atoms with Crippen molar-refractivity contribution in [1.29, 1.82) is 0 Å². The number of fused-ring (bicyclic) bond motifs is 2. The summed E-state index contributed by atoms with van der Waals surface area (Å²) in [7, 11) is 1.64. The lowest BCUT2D eigenvalue weighted by molar-refractivity contribution is 0.0730. The lowest BCUT2D eigenvalue weighted by Crippen LogP contribution is -2.31. The molecule has 0 N–H and O–H groups in total. The molecule has 0 saturated heterocycles. The maximum atomic E-state index is 13.8. The number of ether oxygens (including phenoxy) is 1. The molecule has 1 amide bonds. The molecule has 2 heterocycles. The summed E-state index contributed by atoms with van der Waals surface area (Å²) in [5.74, 6) is 0.711. The Balaban J connectivity index is 1.62. The average Bonchev–Trinajstić information content (AvgIpc) is 3.14. The molecule has 0 saturated carbocycles. The molecule has 178 valence electrons. The van der Waals surface area contributed by atoms with E-state index in [2.05, 4.69) is 19.1 Å². The Morgan fingerprint density at radius 2 is 1.63 bits per heavy atom. The van der Waals surface area contributed by atoms with Gasteiger partial charge in [0.25, 0.3) is 5.91 Å². The smallest absolute Gasteiger partial charge is 0.290 e. The number of rotatable bonds is 6. The minimum Gasteiger partial charge on any atom is -0.497 e. The quantitative estimate of drug-likeness (QED) is 0.361. The predicted octanol–water partition coefficient (Wildman–Crippen LogP) is 5.77. The van der Waals surface area contributed by atoms with Gasteiger partial charge in [-0.3, -0.25) is 9.59 Å². The first kappa shape index (κ1) is 22.9. The second kappa shape index (κ2) is 9.06.